The van der Waals surface area contributed by atoms with E-state index in [-0.39, 0.29) is 12.7 Å². The van der Waals surface area contributed by atoms with Crippen molar-refractivity contribution in [2.45, 2.75) is 82.0 Å². The Morgan fingerprint density at radius 2 is 0.917 bits per heavy atom. The zero-order chi connectivity index (χ0) is 29.1. The van der Waals surface area contributed by atoms with Crippen molar-refractivity contribution in [2.75, 3.05) is 6.61 Å². The highest BCUT2D eigenvalue weighted by Crippen LogP contribution is 2.16. The van der Waals surface area contributed by atoms with Crippen LogP contribution in [-0.2, 0) is 28.8 Å². The number of aliphatic hydroxyl groups is 4. The number of aliphatic carboxylic acids is 6. The highest BCUT2D eigenvalue weighted by atomic mass is 16.4. The molecule has 0 aromatic rings. The molecule has 1 unspecified atom stereocenters. The summed E-state index contributed by atoms with van der Waals surface area (Å²) in [6.45, 7) is 2.31. The number of aliphatic hydroxyl groups excluding tert-OH is 2. The first kappa shape index (κ1) is 37.2. The van der Waals surface area contributed by atoms with Crippen molar-refractivity contribution >= 4 is 35.8 Å². The summed E-state index contributed by atoms with van der Waals surface area (Å²) in [6, 6.07) is 0. The van der Waals surface area contributed by atoms with Crippen LogP contribution in [0.5, 0.6) is 0 Å². The van der Waals surface area contributed by atoms with Gasteiger partial charge >= 0.3 is 35.8 Å². The number of carbonyl (C=O) groups is 6. The van der Waals surface area contributed by atoms with Gasteiger partial charge in [-0.1, -0.05) is 13.3 Å². The topological polar surface area (TPSA) is 305 Å². The van der Waals surface area contributed by atoms with Crippen molar-refractivity contribution in [2.24, 2.45) is 0 Å². The van der Waals surface area contributed by atoms with Crippen LogP contribution in [0.2, 0.25) is 0 Å². The van der Waals surface area contributed by atoms with Crippen LogP contribution in [0, 0.1) is 0 Å². The summed E-state index contributed by atoms with van der Waals surface area (Å²) in [5, 5.41) is 85.2. The van der Waals surface area contributed by atoms with E-state index in [4.69, 9.17) is 46.0 Å². The number of carboxylic acid groups (broad SMARTS) is 6. The van der Waals surface area contributed by atoms with Gasteiger partial charge in [0.2, 0.25) is 0 Å². The van der Waals surface area contributed by atoms with Crippen LogP contribution in [0.3, 0.4) is 0 Å². The molecule has 36 heavy (non-hydrogen) atoms. The van der Waals surface area contributed by atoms with Gasteiger partial charge in [-0.15, -0.1) is 0 Å². The number of rotatable bonds is 16. The highest BCUT2D eigenvalue weighted by Gasteiger charge is 2.41. The van der Waals surface area contributed by atoms with Gasteiger partial charge in [0, 0.05) is 6.61 Å². The van der Waals surface area contributed by atoms with Crippen molar-refractivity contribution < 1.29 is 79.8 Å². The van der Waals surface area contributed by atoms with Crippen LogP contribution in [0.1, 0.15) is 64.7 Å². The van der Waals surface area contributed by atoms with E-state index >= 15 is 0 Å². The van der Waals surface area contributed by atoms with Crippen LogP contribution in [-0.4, -0.2) is 111 Å². The minimum Gasteiger partial charge on any atom is -0.481 e. The smallest absolute Gasteiger partial charge is 0.336 e. The summed E-state index contributed by atoms with van der Waals surface area (Å²) in [6.07, 6.45) is -0.179. The monoisotopic (exact) mass is 530 g/mol. The van der Waals surface area contributed by atoms with Crippen LogP contribution in [0.25, 0.3) is 0 Å². The molecule has 16 heteroatoms. The van der Waals surface area contributed by atoms with Crippen LogP contribution in [0.4, 0.5) is 0 Å². The van der Waals surface area contributed by atoms with Gasteiger partial charge in [0.05, 0.1) is 31.8 Å². The maximum Gasteiger partial charge on any atom is 0.336 e. The number of unbranched alkanes of at least 4 members (excludes halogenated alkanes) is 1. The van der Waals surface area contributed by atoms with E-state index in [1.54, 1.807) is 0 Å². The Hall–Kier alpha value is -3.34. The minimum atomic E-state index is -2.74. The molecule has 210 valence electrons. The molecule has 0 aromatic heterocycles. The number of hydrogen-bond donors (Lipinski definition) is 10. The van der Waals surface area contributed by atoms with E-state index in [1.807, 2.05) is 0 Å². The third-order valence-corrected chi connectivity index (χ3v) is 4.14. The lowest BCUT2D eigenvalue weighted by Gasteiger charge is -2.18. The van der Waals surface area contributed by atoms with Gasteiger partial charge in [-0.2, -0.15) is 0 Å². The SMILES string of the molecule is CCCC(O)CCCCO.O=C(O)CC(O)(CC(=O)O)C(=O)O.O=C(O)CC(O)(CC(=O)O)C(=O)O. The van der Waals surface area contributed by atoms with Crippen molar-refractivity contribution in [3.05, 3.63) is 0 Å². The van der Waals surface area contributed by atoms with Gasteiger partial charge in [0.25, 0.3) is 0 Å². The molecule has 0 amide bonds. The Morgan fingerprint density at radius 1 is 0.611 bits per heavy atom. The maximum absolute atomic E-state index is 10.3. The summed E-state index contributed by atoms with van der Waals surface area (Å²) in [7, 11) is 0. The summed E-state index contributed by atoms with van der Waals surface area (Å²) in [5.74, 6) is -10.0. The zero-order valence-corrected chi connectivity index (χ0v) is 19.6. The first-order valence-electron chi connectivity index (χ1n) is 10.4. The molecule has 10 N–H and O–H groups in total. The average molecular weight is 530 g/mol. The maximum atomic E-state index is 10.3. The first-order chi connectivity index (χ1) is 16.4. The molecule has 1 atom stereocenters. The predicted molar refractivity (Wildman–Crippen MR) is 116 cm³/mol. The molecule has 0 radical (unpaired) electrons. The largest absolute Gasteiger partial charge is 0.481 e. The third-order valence-electron chi connectivity index (χ3n) is 4.14. The Balaban J connectivity index is -0.000000459. The normalized spacial score (nSPS) is 11.6. The molecule has 0 aromatic carbocycles. The van der Waals surface area contributed by atoms with Crippen molar-refractivity contribution in [1.29, 1.82) is 0 Å². The summed E-state index contributed by atoms with van der Waals surface area (Å²) in [4.78, 5) is 61.0. The Kier molecular flexibility index (Phi) is 19.6. The molecular weight excluding hydrogens is 496 g/mol. The molecule has 0 heterocycles. The number of carboxylic acids is 6. The molecule has 0 rings (SSSR count). The van der Waals surface area contributed by atoms with Gasteiger partial charge in [0.1, 0.15) is 0 Å². The minimum absolute atomic E-state index is 0.142. The lowest BCUT2D eigenvalue weighted by molar-refractivity contribution is -0.170. The van der Waals surface area contributed by atoms with E-state index in [9.17, 15) is 33.9 Å². The lowest BCUT2D eigenvalue weighted by Crippen LogP contribution is -2.42. The summed E-state index contributed by atoms with van der Waals surface area (Å²) < 4.78 is 0. The fourth-order valence-electron chi connectivity index (χ4n) is 2.40. The summed E-state index contributed by atoms with van der Waals surface area (Å²) in [5.41, 5.74) is -5.48. The second-order valence-electron chi connectivity index (χ2n) is 7.62. The fraction of sp³-hybridized carbons (Fsp3) is 0.700. The number of hydrogen-bond acceptors (Lipinski definition) is 10. The standard InChI is InChI=1S/C8H18O2.2C6H8O7/c1-2-5-8(10)6-3-4-7-9;2*7-3(8)1-6(13,5(11)12)2-4(9)10/h8-10H,2-7H2,1H3;2*13H,1-2H2,(H,7,8)(H,9,10)(H,11,12). The van der Waals surface area contributed by atoms with Gasteiger partial charge in [0.15, 0.2) is 11.2 Å². The first-order valence-corrected chi connectivity index (χ1v) is 10.4. The lowest BCUT2D eigenvalue weighted by atomic mass is 9.96. The van der Waals surface area contributed by atoms with Gasteiger partial charge in [-0.25, -0.2) is 9.59 Å². The highest BCUT2D eigenvalue weighted by molar-refractivity contribution is 5.88. The van der Waals surface area contributed by atoms with Crippen molar-refractivity contribution in [1.82, 2.24) is 0 Å². The van der Waals surface area contributed by atoms with Crippen LogP contribution < -0.4 is 0 Å². The molecule has 0 aliphatic heterocycles. The van der Waals surface area contributed by atoms with Crippen molar-refractivity contribution in [3.63, 3.8) is 0 Å². The van der Waals surface area contributed by atoms with E-state index < -0.39 is 72.7 Å². The zero-order valence-electron chi connectivity index (χ0n) is 19.6. The average Bonchev–Trinajstić information content (AvgIpc) is 2.66. The molecular formula is C20H34O16. The molecule has 0 aliphatic rings. The Morgan fingerprint density at radius 3 is 1.11 bits per heavy atom. The van der Waals surface area contributed by atoms with Gasteiger partial charge < -0.3 is 51.1 Å². The van der Waals surface area contributed by atoms with E-state index in [0.29, 0.717) is 0 Å². The molecule has 0 bridgehead atoms. The second kappa shape index (κ2) is 18.9. The van der Waals surface area contributed by atoms with Crippen molar-refractivity contribution in [3.8, 4) is 0 Å². The Bertz CT molecular complexity index is 647. The molecule has 0 aliphatic carbocycles. The van der Waals surface area contributed by atoms with E-state index in [1.165, 1.54) is 0 Å². The molecule has 16 nitrogen and oxygen atoms in total. The molecule has 0 saturated carbocycles. The van der Waals surface area contributed by atoms with Gasteiger partial charge in [-0.3, -0.25) is 19.2 Å². The fourth-order valence-corrected chi connectivity index (χ4v) is 2.40. The molecule has 0 spiro atoms. The predicted octanol–water partition coefficient (Wildman–Crippen LogP) is -1.19. The van der Waals surface area contributed by atoms with Crippen LogP contribution >= 0.6 is 0 Å². The van der Waals surface area contributed by atoms with Crippen LogP contribution in [0.15, 0.2) is 0 Å². The van der Waals surface area contributed by atoms with Gasteiger partial charge in [-0.05, 0) is 25.7 Å². The molecule has 0 saturated heterocycles. The van der Waals surface area contributed by atoms with E-state index in [0.717, 1.165) is 32.1 Å². The third kappa shape index (κ3) is 20.1. The Labute approximate surface area is 205 Å². The molecule has 0 fully saturated rings. The second-order valence-corrected chi connectivity index (χ2v) is 7.62. The summed E-state index contributed by atoms with van der Waals surface area (Å²) >= 11 is 0. The quantitative estimate of drug-likeness (QED) is 0.105. The van der Waals surface area contributed by atoms with E-state index in [2.05, 4.69) is 6.92 Å².